The Kier molecular flexibility index (Phi) is 3.46. The number of halogens is 1. The number of amides is 1. The van der Waals surface area contributed by atoms with Crippen molar-refractivity contribution >= 4 is 27.5 Å². The number of benzene rings is 1. The molecular formula is C11H13BrN2O2. The molecule has 1 amide bonds. The van der Waals surface area contributed by atoms with Gasteiger partial charge in [0.15, 0.2) is 5.75 Å². The molecule has 0 radical (unpaired) electrons. The lowest BCUT2D eigenvalue weighted by Gasteiger charge is -2.11. The number of anilines is 1. The Hall–Kier alpha value is -1.07. The highest BCUT2D eigenvalue weighted by molar-refractivity contribution is 9.10. The Balaban J connectivity index is 2.08. The third-order valence-corrected chi connectivity index (χ3v) is 3.32. The van der Waals surface area contributed by atoms with Crippen molar-refractivity contribution in [2.45, 2.75) is 6.42 Å². The van der Waals surface area contributed by atoms with Crippen LogP contribution in [0.1, 0.15) is 6.42 Å². The van der Waals surface area contributed by atoms with Crippen LogP contribution in [0.4, 0.5) is 5.69 Å². The zero-order valence-electron chi connectivity index (χ0n) is 8.66. The fraction of sp³-hybridized carbons (Fsp3) is 0.364. The summed E-state index contributed by atoms with van der Waals surface area (Å²) in [5.41, 5.74) is 0.450. The highest BCUT2D eigenvalue weighted by atomic mass is 79.9. The van der Waals surface area contributed by atoms with E-state index in [-0.39, 0.29) is 17.6 Å². The number of phenolic OH excluding ortho intramolecular Hbond substituents is 1. The van der Waals surface area contributed by atoms with Crippen LogP contribution >= 0.6 is 15.9 Å². The first-order chi connectivity index (χ1) is 7.68. The maximum Gasteiger partial charge on any atom is 0.228 e. The second kappa shape index (κ2) is 4.84. The average molecular weight is 285 g/mol. The first kappa shape index (κ1) is 11.4. The number of nitrogens with one attached hydrogen (secondary N) is 2. The largest absolute Gasteiger partial charge is 0.505 e. The molecule has 5 heteroatoms. The first-order valence-corrected chi connectivity index (χ1v) is 5.97. The Morgan fingerprint density at radius 1 is 1.56 bits per heavy atom. The normalized spacial score (nSPS) is 19.7. The van der Waals surface area contributed by atoms with Gasteiger partial charge in [-0.2, -0.15) is 0 Å². The van der Waals surface area contributed by atoms with Crippen LogP contribution in [0.25, 0.3) is 0 Å². The fourth-order valence-electron chi connectivity index (χ4n) is 1.73. The summed E-state index contributed by atoms with van der Waals surface area (Å²) in [6.07, 6.45) is 0.848. The molecule has 16 heavy (non-hydrogen) atoms. The maximum absolute atomic E-state index is 11.8. The summed E-state index contributed by atoms with van der Waals surface area (Å²) < 4.78 is 0.579. The number of phenols is 1. The number of carbonyl (C=O) groups excluding carboxylic acids is 1. The Labute approximate surface area is 102 Å². The molecule has 1 aromatic carbocycles. The van der Waals surface area contributed by atoms with Crippen LogP contribution in [0.3, 0.4) is 0 Å². The van der Waals surface area contributed by atoms with E-state index in [2.05, 4.69) is 26.6 Å². The van der Waals surface area contributed by atoms with Crippen LogP contribution in [-0.4, -0.2) is 24.1 Å². The minimum atomic E-state index is -0.0431. The number of carbonyl (C=O) groups is 1. The lowest BCUT2D eigenvalue weighted by molar-refractivity contribution is -0.119. The van der Waals surface area contributed by atoms with Crippen molar-refractivity contribution in [1.82, 2.24) is 5.32 Å². The molecule has 0 spiro atoms. The Bertz CT molecular complexity index is 403. The van der Waals surface area contributed by atoms with Crippen molar-refractivity contribution in [3.8, 4) is 5.75 Å². The summed E-state index contributed by atoms with van der Waals surface area (Å²) in [7, 11) is 0. The molecule has 1 saturated heterocycles. The second-order valence-electron chi connectivity index (χ2n) is 3.81. The monoisotopic (exact) mass is 284 g/mol. The summed E-state index contributed by atoms with van der Waals surface area (Å²) in [5, 5.41) is 15.6. The highest BCUT2D eigenvalue weighted by Crippen LogP contribution is 2.31. The van der Waals surface area contributed by atoms with Gasteiger partial charge in [0.05, 0.1) is 16.1 Å². The van der Waals surface area contributed by atoms with Gasteiger partial charge in [0, 0.05) is 6.54 Å². The number of hydrogen-bond donors (Lipinski definition) is 3. The molecule has 1 aromatic rings. The van der Waals surface area contributed by atoms with E-state index in [1.807, 2.05) is 0 Å². The van der Waals surface area contributed by atoms with Gasteiger partial charge in [-0.25, -0.2) is 0 Å². The molecule has 3 N–H and O–H groups in total. The number of para-hydroxylation sites is 1. The topological polar surface area (TPSA) is 61.4 Å². The predicted octanol–water partition coefficient (Wildman–Crippen LogP) is 1.70. The SMILES string of the molecule is O=C(Nc1cccc(Br)c1O)C1CCNC1. The summed E-state index contributed by atoms with van der Waals surface area (Å²) in [6, 6.07) is 5.18. The van der Waals surface area contributed by atoms with Crippen LogP contribution in [-0.2, 0) is 4.79 Å². The summed E-state index contributed by atoms with van der Waals surface area (Å²) >= 11 is 3.21. The van der Waals surface area contributed by atoms with Crippen LogP contribution < -0.4 is 10.6 Å². The first-order valence-electron chi connectivity index (χ1n) is 5.17. The summed E-state index contributed by atoms with van der Waals surface area (Å²) in [6.45, 7) is 1.59. The molecular weight excluding hydrogens is 272 g/mol. The van der Waals surface area contributed by atoms with E-state index in [9.17, 15) is 9.90 Å². The molecule has 1 aliphatic heterocycles. The smallest absolute Gasteiger partial charge is 0.228 e. The Morgan fingerprint density at radius 2 is 2.38 bits per heavy atom. The van der Waals surface area contributed by atoms with Gasteiger partial charge in [-0.3, -0.25) is 4.79 Å². The molecule has 1 unspecified atom stereocenters. The molecule has 1 atom stereocenters. The third-order valence-electron chi connectivity index (χ3n) is 2.68. The van der Waals surface area contributed by atoms with Crippen molar-refractivity contribution in [1.29, 1.82) is 0 Å². The molecule has 86 valence electrons. The van der Waals surface area contributed by atoms with E-state index in [1.165, 1.54) is 0 Å². The molecule has 2 rings (SSSR count). The maximum atomic E-state index is 11.8. The molecule has 0 aliphatic carbocycles. The van der Waals surface area contributed by atoms with Crippen molar-refractivity contribution in [3.63, 3.8) is 0 Å². The molecule has 0 saturated carbocycles. The van der Waals surface area contributed by atoms with E-state index in [0.29, 0.717) is 16.7 Å². The lowest BCUT2D eigenvalue weighted by Crippen LogP contribution is -2.24. The van der Waals surface area contributed by atoms with Gasteiger partial charge in [0.25, 0.3) is 0 Å². The van der Waals surface area contributed by atoms with Crippen LogP contribution in [0.5, 0.6) is 5.75 Å². The number of rotatable bonds is 2. The van der Waals surface area contributed by atoms with Gasteiger partial charge >= 0.3 is 0 Å². The molecule has 0 bridgehead atoms. The van der Waals surface area contributed by atoms with Crippen molar-refractivity contribution in [3.05, 3.63) is 22.7 Å². The van der Waals surface area contributed by atoms with Crippen molar-refractivity contribution in [2.75, 3.05) is 18.4 Å². The van der Waals surface area contributed by atoms with Crippen molar-refractivity contribution < 1.29 is 9.90 Å². The zero-order valence-corrected chi connectivity index (χ0v) is 10.3. The van der Waals surface area contributed by atoms with Crippen LogP contribution in [0.15, 0.2) is 22.7 Å². The minimum absolute atomic E-state index is 0.00150. The molecule has 1 heterocycles. The standard InChI is InChI=1S/C11H13BrN2O2/c12-8-2-1-3-9(10(8)15)14-11(16)7-4-5-13-6-7/h1-3,7,13,15H,4-6H2,(H,14,16). The van der Waals surface area contributed by atoms with E-state index >= 15 is 0 Å². The predicted molar refractivity (Wildman–Crippen MR) is 65.4 cm³/mol. The van der Waals surface area contributed by atoms with Gasteiger partial charge in [-0.15, -0.1) is 0 Å². The van der Waals surface area contributed by atoms with Gasteiger partial charge < -0.3 is 15.7 Å². The van der Waals surface area contributed by atoms with Crippen molar-refractivity contribution in [2.24, 2.45) is 5.92 Å². The lowest BCUT2D eigenvalue weighted by atomic mass is 10.1. The van der Waals surface area contributed by atoms with Gasteiger partial charge in [-0.05, 0) is 41.0 Å². The summed E-state index contributed by atoms with van der Waals surface area (Å²) in [4.78, 5) is 11.8. The summed E-state index contributed by atoms with van der Waals surface area (Å²) in [5.74, 6) is 0.0265. The Morgan fingerprint density at radius 3 is 3.06 bits per heavy atom. The van der Waals surface area contributed by atoms with Gasteiger partial charge in [0.1, 0.15) is 0 Å². The van der Waals surface area contributed by atoms with E-state index in [4.69, 9.17) is 0 Å². The van der Waals surface area contributed by atoms with Crippen LogP contribution in [0, 0.1) is 5.92 Å². The molecule has 1 fully saturated rings. The van der Waals surface area contributed by atoms with Gasteiger partial charge in [0.2, 0.25) is 5.91 Å². The van der Waals surface area contributed by atoms with Crippen LogP contribution in [0.2, 0.25) is 0 Å². The minimum Gasteiger partial charge on any atom is -0.505 e. The van der Waals surface area contributed by atoms with E-state index in [1.54, 1.807) is 18.2 Å². The average Bonchev–Trinajstić information content (AvgIpc) is 2.78. The quantitative estimate of drug-likeness (QED) is 0.725. The molecule has 4 nitrogen and oxygen atoms in total. The molecule has 0 aromatic heterocycles. The van der Waals surface area contributed by atoms with E-state index < -0.39 is 0 Å². The molecule has 1 aliphatic rings. The number of aromatic hydroxyl groups is 1. The van der Waals surface area contributed by atoms with E-state index in [0.717, 1.165) is 13.0 Å². The van der Waals surface area contributed by atoms with Gasteiger partial charge in [-0.1, -0.05) is 6.07 Å². The fourth-order valence-corrected chi connectivity index (χ4v) is 2.10. The third kappa shape index (κ3) is 2.36. The number of hydrogen-bond acceptors (Lipinski definition) is 3. The second-order valence-corrected chi connectivity index (χ2v) is 4.67. The highest BCUT2D eigenvalue weighted by Gasteiger charge is 2.23. The zero-order chi connectivity index (χ0) is 11.5.